The largest absolute Gasteiger partial charge is 0.367 e. The molecule has 0 radical (unpaired) electrons. The van der Waals surface area contributed by atoms with Gasteiger partial charge in [-0.25, -0.2) is 14.8 Å². The molecule has 1 aliphatic heterocycles. The highest BCUT2D eigenvalue weighted by Crippen LogP contribution is 2.19. The lowest BCUT2D eigenvalue weighted by atomic mass is 10.2. The molecule has 4 heterocycles. The second-order valence-electron chi connectivity index (χ2n) is 8.99. The van der Waals surface area contributed by atoms with Crippen LogP contribution in [-0.2, 0) is 25.4 Å². The number of aromatic nitrogens is 5. The summed E-state index contributed by atoms with van der Waals surface area (Å²) in [5, 5.41) is 3.31. The zero-order chi connectivity index (χ0) is 27.0. The molecule has 0 aliphatic carbocycles. The topological polar surface area (TPSA) is 127 Å². The van der Waals surface area contributed by atoms with Gasteiger partial charge in [0.1, 0.15) is 12.4 Å². The molecule has 0 unspecified atom stereocenters. The number of fused-ring (bicyclic) bond motifs is 1. The van der Waals surface area contributed by atoms with Crippen LogP contribution in [-0.4, -0.2) is 66.6 Å². The lowest BCUT2D eigenvalue weighted by molar-refractivity contribution is -0.116. The van der Waals surface area contributed by atoms with E-state index in [0.717, 1.165) is 10.3 Å². The Morgan fingerprint density at radius 1 is 0.947 bits per heavy atom. The molecule has 12 nitrogen and oxygen atoms in total. The van der Waals surface area contributed by atoms with Crippen LogP contribution in [0.1, 0.15) is 10.4 Å². The summed E-state index contributed by atoms with van der Waals surface area (Å²) in [4.78, 5) is 62.5. The number of carbonyl (C=O) groups excluding carboxylic acids is 2. The van der Waals surface area contributed by atoms with Crippen molar-refractivity contribution in [2.24, 2.45) is 14.1 Å². The van der Waals surface area contributed by atoms with Crippen LogP contribution in [0, 0.1) is 0 Å². The van der Waals surface area contributed by atoms with Crippen molar-refractivity contribution < 1.29 is 9.59 Å². The second kappa shape index (κ2) is 10.1. The summed E-state index contributed by atoms with van der Waals surface area (Å²) < 4.78 is 3.65. The Morgan fingerprint density at radius 2 is 1.66 bits per heavy atom. The molecule has 0 spiro atoms. The maximum atomic E-state index is 12.7. The first-order valence-corrected chi connectivity index (χ1v) is 12.3. The highest BCUT2D eigenvalue weighted by molar-refractivity contribution is 6.30. The van der Waals surface area contributed by atoms with Crippen molar-refractivity contribution >= 4 is 46.1 Å². The van der Waals surface area contributed by atoms with E-state index in [1.54, 1.807) is 36.5 Å². The average molecular weight is 537 g/mol. The minimum Gasteiger partial charge on any atom is -0.367 e. The minimum atomic E-state index is -0.522. The van der Waals surface area contributed by atoms with E-state index in [1.807, 2.05) is 11.0 Å². The number of aryl methyl sites for hydroxylation is 1. The summed E-state index contributed by atoms with van der Waals surface area (Å²) in [6, 6.07) is 10.4. The summed E-state index contributed by atoms with van der Waals surface area (Å²) in [5.74, 6) is -0.0574. The Bertz CT molecular complexity index is 1630. The van der Waals surface area contributed by atoms with Crippen molar-refractivity contribution in [2.45, 2.75) is 6.54 Å². The molecule has 1 fully saturated rings. The number of hydrogen-bond donors (Lipinski definition) is 1. The van der Waals surface area contributed by atoms with Crippen LogP contribution in [0.4, 0.5) is 11.5 Å². The average Bonchev–Trinajstić information content (AvgIpc) is 3.34. The predicted molar refractivity (Wildman–Crippen MR) is 143 cm³/mol. The third-order valence-electron chi connectivity index (χ3n) is 6.57. The van der Waals surface area contributed by atoms with Crippen LogP contribution in [0.3, 0.4) is 0 Å². The van der Waals surface area contributed by atoms with Gasteiger partial charge in [0.05, 0.1) is 18.2 Å². The molecule has 2 amide bonds. The van der Waals surface area contributed by atoms with E-state index in [4.69, 9.17) is 11.6 Å². The van der Waals surface area contributed by atoms with E-state index >= 15 is 0 Å². The van der Waals surface area contributed by atoms with Gasteiger partial charge < -0.3 is 19.7 Å². The number of rotatable bonds is 5. The zero-order valence-electron chi connectivity index (χ0n) is 20.8. The van der Waals surface area contributed by atoms with E-state index in [0.29, 0.717) is 42.6 Å². The molecule has 4 aromatic rings. The van der Waals surface area contributed by atoms with Gasteiger partial charge in [-0.05, 0) is 36.4 Å². The van der Waals surface area contributed by atoms with Crippen molar-refractivity contribution in [3.63, 3.8) is 0 Å². The summed E-state index contributed by atoms with van der Waals surface area (Å²) in [6.45, 7) is 2.28. The lowest BCUT2D eigenvalue weighted by Crippen LogP contribution is -2.48. The Balaban J connectivity index is 1.19. The number of carbonyl (C=O) groups is 2. The van der Waals surface area contributed by atoms with Gasteiger partial charge in [0.2, 0.25) is 5.91 Å². The van der Waals surface area contributed by atoms with Crippen LogP contribution in [0.25, 0.3) is 11.2 Å². The van der Waals surface area contributed by atoms with Crippen LogP contribution >= 0.6 is 11.6 Å². The quantitative estimate of drug-likeness (QED) is 0.404. The Hall–Kier alpha value is -4.45. The van der Waals surface area contributed by atoms with Gasteiger partial charge in [-0.1, -0.05) is 11.6 Å². The van der Waals surface area contributed by atoms with Crippen molar-refractivity contribution in [1.29, 1.82) is 0 Å². The standard InChI is InChI=1S/C25H25ClN8O4/c1-30-22-21(24(37)31(2)25(30)38)34(15-28-22)14-20(35)29-19-8-7-18(13-27-19)32-9-11-33(12-10-32)23(36)16-3-5-17(26)6-4-16/h3-8,13,15H,9-12,14H2,1-2H3,(H,27,29,35). The molecule has 13 heteroatoms. The Morgan fingerprint density at radius 3 is 2.32 bits per heavy atom. The lowest BCUT2D eigenvalue weighted by Gasteiger charge is -2.36. The van der Waals surface area contributed by atoms with Gasteiger partial charge in [-0.2, -0.15) is 0 Å². The maximum absolute atomic E-state index is 12.7. The number of benzene rings is 1. The number of nitrogens with zero attached hydrogens (tertiary/aromatic N) is 7. The van der Waals surface area contributed by atoms with Crippen molar-refractivity contribution in [2.75, 3.05) is 36.4 Å². The second-order valence-corrected chi connectivity index (χ2v) is 9.42. The van der Waals surface area contributed by atoms with E-state index < -0.39 is 17.2 Å². The smallest absolute Gasteiger partial charge is 0.332 e. The molecule has 5 rings (SSSR count). The normalized spacial score (nSPS) is 13.7. The fourth-order valence-corrected chi connectivity index (χ4v) is 4.57. The van der Waals surface area contributed by atoms with Gasteiger partial charge in [-0.15, -0.1) is 0 Å². The highest BCUT2D eigenvalue weighted by Gasteiger charge is 2.23. The van der Waals surface area contributed by atoms with Gasteiger partial charge in [0.25, 0.3) is 11.5 Å². The molecular formula is C25H25ClN8O4. The Kier molecular flexibility index (Phi) is 6.72. The van der Waals surface area contributed by atoms with Crippen LogP contribution in [0.15, 0.2) is 58.5 Å². The molecule has 0 bridgehead atoms. The molecule has 38 heavy (non-hydrogen) atoms. The summed E-state index contributed by atoms with van der Waals surface area (Å²) in [5.41, 5.74) is 0.858. The number of piperazine rings is 1. The third kappa shape index (κ3) is 4.77. The molecule has 0 atom stereocenters. The molecule has 1 saturated heterocycles. The van der Waals surface area contributed by atoms with Crippen molar-refractivity contribution in [1.82, 2.24) is 28.6 Å². The number of halogens is 1. The SMILES string of the molecule is Cn1c(=O)c2c(ncn2CC(=O)Nc2ccc(N3CCN(C(=O)c4ccc(Cl)cc4)CC3)cn2)n(C)c1=O. The number of pyridine rings is 1. The Labute approximate surface area is 221 Å². The van der Waals surface area contributed by atoms with E-state index in [2.05, 4.69) is 20.2 Å². The van der Waals surface area contributed by atoms with Crippen LogP contribution in [0.2, 0.25) is 5.02 Å². The first kappa shape index (κ1) is 25.2. The van der Waals surface area contributed by atoms with Crippen molar-refractivity contribution in [3.8, 4) is 0 Å². The monoisotopic (exact) mass is 536 g/mol. The van der Waals surface area contributed by atoms with E-state index in [1.165, 1.54) is 29.6 Å². The third-order valence-corrected chi connectivity index (χ3v) is 6.82. The fourth-order valence-electron chi connectivity index (χ4n) is 4.44. The number of nitrogens with one attached hydrogen (secondary N) is 1. The van der Waals surface area contributed by atoms with E-state index in [-0.39, 0.29) is 23.6 Å². The zero-order valence-corrected chi connectivity index (χ0v) is 21.6. The fraction of sp³-hybridized carbons (Fsp3) is 0.280. The first-order valence-electron chi connectivity index (χ1n) is 11.9. The van der Waals surface area contributed by atoms with Crippen molar-refractivity contribution in [3.05, 3.63) is 80.3 Å². The molecule has 196 valence electrons. The van der Waals surface area contributed by atoms with Crippen LogP contribution < -0.4 is 21.5 Å². The summed E-state index contributed by atoms with van der Waals surface area (Å²) >= 11 is 5.91. The first-order chi connectivity index (χ1) is 18.2. The minimum absolute atomic E-state index is 0.0248. The molecule has 3 aromatic heterocycles. The van der Waals surface area contributed by atoms with Gasteiger partial charge in [0, 0.05) is 50.9 Å². The maximum Gasteiger partial charge on any atom is 0.332 e. The number of imidazole rings is 1. The highest BCUT2D eigenvalue weighted by atomic mass is 35.5. The van der Waals surface area contributed by atoms with Gasteiger partial charge in [0.15, 0.2) is 11.2 Å². The van der Waals surface area contributed by atoms with Crippen LogP contribution in [0.5, 0.6) is 0 Å². The number of anilines is 2. The molecule has 1 N–H and O–H groups in total. The molecule has 0 saturated carbocycles. The number of hydrogen-bond acceptors (Lipinski definition) is 7. The van der Waals surface area contributed by atoms with Gasteiger partial charge >= 0.3 is 5.69 Å². The summed E-state index contributed by atoms with van der Waals surface area (Å²) in [7, 11) is 2.90. The summed E-state index contributed by atoms with van der Waals surface area (Å²) in [6.07, 6.45) is 3.03. The van der Waals surface area contributed by atoms with E-state index in [9.17, 15) is 19.2 Å². The predicted octanol–water partition coefficient (Wildman–Crippen LogP) is 1.08. The number of amides is 2. The molecule has 1 aliphatic rings. The van der Waals surface area contributed by atoms with Gasteiger partial charge in [-0.3, -0.25) is 23.5 Å². The molecule has 1 aromatic carbocycles. The molecular weight excluding hydrogens is 512 g/mol.